The second-order valence-corrected chi connectivity index (χ2v) is 8.28. The maximum atomic E-state index is 12.3. The Balaban J connectivity index is 1.38. The molecule has 4 aromatic heterocycles. The molecule has 10 heteroatoms. The number of hydrogen-bond acceptors (Lipinski definition) is 6. The Morgan fingerprint density at radius 1 is 1.23 bits per heavy atom. The van der Waals surface area contributed by atoms with Crippen molar-refractivity contribution in [3.8, 4) is 0 Å². The van der Waals surface area contributed by atoms with Gasteiger partial charge in [0.15, 0.2) is 0 Å². The summed E-state index contributed by atoms with van der Waals surface area (Å²) >= 11 is 6.37. The maximum Gasteiger partial charge on any atom is 0.271 e. The molecule has 4 aromatic rings. The summed E-state index contributed by atoms with van der Waals surface area (Å²) in [6, 6.07) is 5.72. The van der Waals surface area contributed by atoms with Crippen molar-refractivity contribution < 1.29 is 4.79 Å². The molecule has 1 saturated carbocycles. The lowest BCUT2D eigenvalue weighted by Crippen LogP contribution is -2.37. The summed E-state index contributed by atoms with van der Waals surface area (Å²) in [7, 11) is 0. The van der Waals surface area contributed by atoms with E-state index in [0.29, 0.717) is 23.1 Å². The van der Waals surface area contributed by atoms with Crippen molar-refractivity contribution in [2.24, 2.45) is 0 Å². The molecule has 0 saturated heterocycles. The van der Waals surface area contributed by atoms with Gasteiger partial charge < -0.3 is 15.2 Å². The van der Waals surface area contributed by atoms with E-state index in [4.69, 9.17) is 16.7 Å². The third kappa shape index (κ3) is 3.21. The molecule has 2 aliphatic rings. The summed E-state index contributed by atoms with van der Waals surface area (Å²) in [5.74, 6) is 0.492. The minimum atomic E-state index is -0.244. The first-order valence-electron chi connectivity index (χ1n) is 10.2. The summed E-state index contributed by atoms with van der Waals surface area (Å²) in [5, 5.41) is 8.34. The number of pyridine rings is 1. The largest absolute Gasteiger partial charge is 0.348 e. The number of aromatic amines is 1. The van der Waals surface area contributed by atoms with E-state index in [1.54, 1.807) is 17.0 Å². The van der Waals surface area contributed by atoms with Crippen LogP contribution in [0.2, 0.25) is 5.02 Å². The number of fused-ring (bicyclic) bond motifs is 2. The molecule has 0 spiro atoms. The van der Waals surface area contributed by atoms with Gasteiger partial charge in [0, 0.05) is 30.9 Å². The van der Waals surface area contributed by atoms with Crippen molar-refractivity contribution in [3.05, 3.63) is 70.9 Å². The van der Waals surface area contributed by atoms with Crippen LogP contribution < -0.4 is 10.2 Å². The van der Waals surface area contributed by atoms with E-state index in [1.165, 1.54) is 6.20 Å². The molecular weight excluding hydrogens is 416 g/mol. The zero-order chi connectivity index (χ0) is 20.9. The quantitative estimate of drug-likeness (QED) is 0.511. The fourth-order valence-corrected chi connectivity index (χ4v) is 4.24. The van der Waals surface area contributed by atoms with E-state index < -0.39 is 0 Å². The van der Waals surface area contributed by atoms with Gasteiger partial charge in [0.1, 0.15) is 17.6 Å². The Hall–Kier alpha value is -3.46. The Kier molecular flexibility index (Phi) is 4.17. The molecule has 1 fully saturated rings. The SMILES string of the molecule is O=C(NC1CC1)c1cnc(N2CCc3[nH]cnc3[C@@H]2c2cc3c(Cl)cccn3n2)cn1. The van der Waals surface area contributed by atoms with Gasteiger partial charge in [0.2, 0.25) is 0 Å². The second kappa shape index (κ2) is 7.05. The average molecular weight is 435 g/mol. The van der Waals surface area contributed by atoms with Crippen molar-refractivity contribution in [2.75, 3.05) is 11.4 Å². The minimum Gasteiger partial charge on any atom is -0.348 e. The monoisotopic (exact) mass is 434 g/mol. The maximum absolute atomic E-state index is 12.3. The highest BCUT2D eigenvalue weighted by atomic mass is 35.5. The van der Waals surface area contributed by atoms with Gasteiger partial charge in [-0.1, -0.05) is 11.6 Å². The molecule has 9 nitrogen and oxygen atoms in total. The number of carbonyl (C=O) groups excluding carboxylic acids is 1. The van der Waals surface area contributed by atoms with Crippen LogP contribution in [-0.2, 0) is 6.42 Å². The number of amides is 1. The molecule has 156 valence electrons. The topological polar surface area (TPSA) is 104 Å². The predicted molar refractivity (Wildman–Crippen MR) is 114 cm³/mol. The summed E-state index contributed by atoms with van der Waals surface area (Å²) in [6.07, 6.45) is 9.62. The number of nitrogens with zero attached hydrogens (tertiary/aromatic N) is 6. The molecule has 0 unspecified atom stereocenters. The molecule has 2 N–H and O–H groups in total. The number of carbonyl (C=O) groups is 1. The van der Waals surface area contributed by atoms with Crippen molar-refractivity contribution in [1.82, 2.24) is 34.9 Å². The zero-order valence-electron chi connectivity index (χ0n) is 16.5. The summed E-state index contributed by atoms with van der Waals surface area (Å²) in [4.78, 5) is 31.1. The van der Waals surface area contributed by atoms with Crippen molar-refractivity contribution in [1.29, 1.82) is 0 Å². The van der Waals surface area contributed by atoms with Crippen LogP contribution >= 0.6 is 11.6 Å². The molecule has 0 aromatic carbocycles. The Bertz CT molecular complexity index is 1280. The first kappa shape index (κ1) is 18.3. The minimum absolute atomic E-state index is 0.179. The van der Waals surface area contributed by atoms with Gasteiger partial charge in [-0.15, -0.1) is 0 Å². The van der Waals surface area contributed by atoms with Crippen LogP contribution in [-0.4, -0.2) is 48.0 Å². The Morgan fingerprint density at radius 2 is 2.13 bits per heavy atom. The van der Waals surface area contributed by atoms with Gasteiger partial charge in [-0.25, -0.2) is 19.5 Å². The second-order valence-electron chi connectivity index (χ2n) is 7.87. The van der Waals surface area contributed by atoms with Gasteiger partial charge >= 0.3 is 0 Å². The van der Waals surface area contributed by atoms with Crippen LogP contribution in [0.4, 0.5) is 5.82 Å². The van der Waals surface area contributed by atoms with Crippen LogP contribution in [0.5, 0.6) is 0 Å². The number of halogens is 1. The number of nitrogens with one attached hydrogen (secondary N) is 2. The highest BCUT2D eigenvalue weighted by Gasteiger charge is 2.34. The van der Waals surface area contributed by atoms with E-state index in [9.17, 15) is 4.79 Å². The number of rotatable bonds is 4. The van der Waals surface area contributed by atoms with E-state index >= 15 is 0 Å². The predicted octanol–water partition coefficient (Wildman–Crippen LogP) is 2.55. The van der Waals surface area contributed by atoms with Gasteiger partial charge in [-0.3, -0.25) is 4.79 Å². The first-order chi connectivity index (χ1) is 15.2. The summed E-state index contributed by atoms with van der Waals surface area (Å²) in [6.45, 7) is 0.712. The lowest BCUT2D eigenvalue weighted by Gasteiger charge is -2.34. The molecule has 1 aliphatic carbocycles. The van der Waals surface area contributed by atoms with Gasteiger partial charge in [0.05, 0.1) is 40.6 Å². The van der Waals surface area contributed by atoms with Crippen LogP contribution in [0.25, 0.3) is 5.52 Å². The van der Waals surface area contributed by atoms with Gasteiger partial charge in [-0.05, 0) is 31.0 Å². The molecule has 31 heavy (non-hydrogen) atoms. The number of H-pyrrole nitrogens is 1. The molecule has 0 bridgehead atoms. The number of hydrogen-bond donors (Lipinski definition) is 2. The average Bonchev–Trinajstić information content (AvgIpc) is 3.29. The molecule has 0 radical (unpaired) electrons. The first-order valence-corrected chi connectivity index (χ1v) is 10.6. The number of imidazole rings is 1. The lowest BCUT2D eigenvalue weighted by molar-refractivity contribution is 0.0945. The Morgan fingerprint density at radius 3 is 2.90 bits per heavy atom. The van der Waals surface area contributed by atoms with Gasteiger partial charge in [-0.2, -0.15) is 5.10 Å². The molecular formula is C21H19ClN8O. The molecule has 1 amide bonds. The molecule has 6 rings (SSSR count). The van der Waals surface area contributed by atoms with Crippen LogP contribution in [0, 0.1) is 0 Å². The van der Waals surface area contributed by atoms with E-state index in [-0.39, 0.29) is 18.0 Å². The zero-order valence-corrected chi connectivity index (χ0v) is 17.3. The van der Waals surface area contributed by atoms with E-state index in [0.717, 1.165) is 41.9 Å². The standard InChI is InChI=1S/C21H19ClN8O/c22-13-2-1-6-30-17(13)8-15(28-30)20-19-14(25-11-26-19)5-7-29(20)18-10-23-16(9-24-18)21(31)27-12-3-4-12/h1-2,6,8-12,20H,3-5,7H2,(H,25,26)(H,27,31)/t20-/m0/s1. The summed E-state index contributed by atoms with van der Waals surface area (Å²) < 4.78 is 1.77. The number of aromatic nitrogens is 6. The van der Waals surface area contributed by atoms with Crippen LogP contribution in [0.15, 0.2) is 43.1 Å². The molecule has 5 heterocycles. The number of anilines is 1. The smallest absolute Gasteiger partial charge is 0.271 e. The van der Waals surface area contributed by atoms with Crippen LogP contribution in [0.1, 0.15) is 46.5 Å². The fourth-order valence-electron chi connectivity index (χ4n) is 4.03. The van der Waals surface area contributed by atoms with Crippen molar-refractivity contribution in [3.63, 3.8) is 0 Å². The van der Waals surface area contributed by atoms with E-state index in [1.807, 2.05) is 24.4 Å². The molecule has 1 aliphatic heterocycles. The Labute approximate surface area is 182 Å². The van der Waals surface area contributed by atoms with Gasteiger partial charge in [0.25, 0.3) is 5.91 Å². The van der Waals surface area contributed by atoms with Crippen molar-refractivity contribution >= 4 is 28.8 Å². The molecule has 1 atom stereocenters. The van der Waals surface area contributed by atoms with E-state index in [2.05, 4.69) is 30.2 Å². The normalized spacial score (nSPS) is 18.2. The lowest BCUT2D eigenvalue weighted by atomic mass is 10.00. The third-order valence-corrected chi connectivity index (χ3v) is 6.07. The van der Waals surface area contributed by atoms with Crippen molar-refractivity contribution in [2.45, 2.75) is 31.3 Å². The third-order valence-electron chi connectivity index (χ3n) is 5.75. The summed E-state index contributed by atoms with van der Waals surface area (Å²) in [5.41, 5.74) is 3.96. The fraction of sp³-hybridized carbons (Fsp3) is 0.286. The highest BCUT2D eigenvalue weighted by Crippen LogP contribution is 2.36. The highest BCUT2D eigenvalue weighted by molar-refractivity contribution is 6.33. The van der Waals surface area contributed by atoms with Crippen LogP contribution in [0.3, 0.4) is 0 Å².